The van der Waals surface area contributed by atoms with Gasteiger partial charge in [-0.3, -0.25) is 9.59 Å². The maximum absolute atomic E-state index is 10.7. The Labute approximate surface area is 58.9 Å². The van der Waals surface area contributed by atoms with E-state index in [2.05, 4.69) is 0 Å². The molecule has 10 heavy (non-hydrogen) atoms. The highest BCUT2D eigenvalue weighted by atomic mass is 16.2. The van der Waals surface area contributed by atoms with Gasteiger partial charge in [-0.15, -0.1) is 0 Å². The monoisotopic (exact) mass is 142 g/mol. The van der Waals surface area contributed by atoms with Crippen LogP contribution >= 0.6 is 0 Å². The van der Waals surface area contributed by atoms with Crippen LogP contribution in [0.4, 0.5) is 0 Å². The molecule has 0 amide bonds. The maximum Gasteiger partial charge on any atom is 0.245 e. The van der Waals surface area contributed by atoms with Crippen LogP contribution in [0.25, 0.3) is 0 Å². The van der Waals surface area contributed by atoms with Crippen LogP contribution in [0.1, 0.15) is 13.3 Å². The lowest BCUT2D eigenvalue weighted by Crippen LogP contribution is -2.21. The van der Waals surface area contributed by atoms with Crippen molar-refractivity contribution >= 4 is 11.6 Å². The molecule has 0 radical (unpaired) electrons. The van der Waals surface area contributed by atoms with E-state index in [1.165, 1.54) is 0 Å². The zero-order valence-corrected chi connectivity index (χ0v) is 5.76. The van der Waals surface area contributed by atoms with Gasteiger partial charge >= 0.3 is 0 Å². The summed E-state index contributed by atoms with van der Waals surface area (Å²) in [5.41, 5.74) is 9.78. The molecule has 0 aromatic heterocycles. The zero-order valence-electron chi connectivity index (χ0n) is 5.76. The highest BCUT2D eigenvalue weighted by Crippen LogP contribution is 1.89. The van der Waals surface area contributed by atoms with E-state index in [1.807, 2.05) is 0 Å². The first kappa shape index (κ1) is 8.68. The lowest BCUT2D eigenvalue weighted by Gasteiger charge is -1.94. The van der Waals surface area contributed by atoms with Crippen LogP contribution in [0.5, 0.6) is 0 Å². The number of rotatable bonds is 3. The van der Waals surface area contributed by atoms with Crippen molar-refractivity contribution in [2.75, 3.05) is 0 Å². The first-order valence-corrected chi connectivity index (χ1v) is 2.88. The van der Waals surface area contributed by atoms with E-state index in [4.69, 9.17) is 11.5 Å². The Kier molecular flexibility index (Phi) is 3.17. The number of allylic oxidation sites excluding steroid dienone is 1. The van der Waals surface area contributed by atoms with Gasteiger partial charge in [-0.05, 0) is 0 Å². The third-order valence-electron chi connectivity index (χ3n) is 1.02. The van der Waals surface area contributed by atoms with E-state index in [0.29, 0.717) is 0 Å². The predicted octanol–water partition coefficient (Wildman–Crippen LogP) is -0.707. The molecule has 0 atom stereocenters. The van der Waals surface area contributed by atoms with Gasteiger partial charge in [-0.1, -0.05) is 6.92 Å². The second-order valence-corrected chi connectivity index (χ2v) is 1.73. The first-order chi connectivity index (χ1) is 4.63. The fourth-order valence-electron chi connectivity index (χ4n) is 0.397. The largest absolute Gasteiger partial charge is 0.403 e. The minimum Gasteiger partial charge on any atom is -0.403 e. The van der Waals surface area contributed by atoms with Crippen LogP contribution in [-0.2, 0) is 9.59 Å². The number of Topliss-reactive ketones (excluding diaryl/α,β-unsaturated/α-hetero) is 2. The molecule has 56 valence electrons. The van der Waals surface area contributed by atoms with Gasteiger partial charge in [0.1, 0.15) is 0 Å². The van der Waals surface area contributed by atoms with Crippen molar-refractivity contribution in [3.63, 3.8) is 0 Å². The van der Waals surface area contributed by atoms with Gasteiger partial charge in [0.05, 0.1) is 5.70 Å². The van der Waals surface area contributed by atoms with E-state index in [9.17, 15) is 9.59 Å². The molecule has 0 fully saturated rings. The highest BCUT2D eigenvalue weighted by Gasteiger charge is 2.12. The second kappa shape index (κ2) is 3.66. The fraction of sp³-hybridized carbons (Fsp3) is 0.333. The third-order valence-corrected chi connectivity index (χ3v) is 1.02. The van der Waals surface area contributed by atoms with Crippen molar-refractivity contribution in [2.45, 2.75) is 13.3 Å². The molecule has 4 heteroatoms. The Morgan fingerprint density at radius 2 is 2.00 bits per heavy atom. The van der Waals surface area contributed by atoms with Gasteiger partial charge in [0.2, 0.25) is 11.6 Å². The molecular formula is C6H10N2O2. The minimum atomic E-state index is -0.704. The number of nitrogens with two attached hydrogens (primary N) is 2. The van der Waals surface area contributed by atoms with Crippen LogP contribution in [0.15, 0.2) is 11.9 Å². The van der Waals surface area contributed by atoms with Crippen LogP contribution in [-0.4, -0.2) is 11.6 Å². The van der Waals surface area contributed by atoms with Crippen molar-refractivity contribution in [1.29, 1.82) is 0 Å². The summed E-state index contributed by atoms with van der Waals surface area (Å²) in [6.07, 6.45) is 1.09. The van der Waals surface area contributed by atoms with Crippen LogP contribution in [0.3, 0.4) is 0 Å². The van der Waals surface area contributed by atoms with Gasteiger partial charge in [0.25, 0.3) is 0 Å². The number of carbonyl (C=O) groups is 2. The summed E-state index contributed by atoms with van der Waals surface area (Å²) in [6, 6.07) is 0. The zero-order chi connectivity index (χ0) is 8.15. The topological polar surface area (TPSA) is 86.2 Å². The third kappa shape index (κ3) is 1.89. The fourth-order valence-corrected chi connectivity index (χ4v) is 0.397. The Hall–Kier alpha value is -1.32. The van der Waals surface area contributed by atoms with E-state index >= 15 is 0 Å². The molecule has 0 spiro atoms. The van der Waals surface area contributed by atoms with Crippen LogP contribution < -0.4 is 11.5 Å². The minimum absolute atomic E-state index is 0.160. The SMILES string of the molecule is CCC(=O)C(=O)C(N)=CN. The summed E-state index contributed by atoms with van der Waals surface area (Å²) >= 11 is 0. The smallest absolute Gasteiger partial charge is 0.245 e. The van der Waals surface area contributed by atoms with Crippen molar-refractivity contribution < 1.29 is 9.59 Å². The lowest BCUT2D eigenvalue weighted by molar-refractivity contribution is -0.134. The number of carbonyl (C=O) groups excluding carboxylic acids is 2. The molecule has 0 aromatic carbocycles. The molecule has 0 heterocycles. The number of ketones is 2. The normalized spacial score (nSPS) is 11.1. The van der Waals surface area contributed by atoms with E-state index in [1.54, 1.807) is 6.92 Å². The van der Waals surface area contributed by atoms with Gasteiger partial charge in [0.15, 0.2) is 0 Å². The van der Waals surface area contributed by atoms with Crippen molar-refractivity contribution in [3.05, 3.63) is 11.9 Å². The van der Waals surface area contributed by atoms with Gasteiger partial charge in [-0.25, -0.2) is 0 Å². The second-order valence-electron chi connectivity index (χ2n) is 1.73. The summed E-state index contributed by atoms with van der Waals surface area (Å²) in [5, 5.41) is 0. The quantitative estimate of drug-likeness (QED) is 0.402. The average molecular weight is 142 g/mol. The van der Waals surface area contributed by atoms with Gasteiger partial charge < -0.3 is 11.5 Å². The van der Waals surface area contributed by atoms with Crippen LogP contribution in [0, 0.1) is 0 Å². The van der Waals surface area contributed by atoms with Crippen molar-refractivity contribution in [3.8, 4) is 0 Å². The molecule has 0 rings (SSSR count). The van der Waals surface area contributed by atoms with Crippen molar-refractivity contribution in [1.82, 2.24) is 0 Å². The molecular weight excluding hydrogens is 132 g/mol. The molecule has 4 nitrogen and oxygen atoms in total. The molecule has 0 unspecified atom stereocenters. The van der Waals surface area contributed by atoms with E-state index in [-0.39, 0.29) is 12.1 Å². The van der Waals surface area contributed by atoms with E-state index < -0.39 is 11.6 Å². The molecule has 0 aliphatic carbocycles. The Morgan fingerprint density at radius 3 is 2.30 bits per heavy atom. The molecule has 0 aliphatic rings. The highest BCUT2D eigenvalue weighted by molar-refractivity contribution is 6.43. The first-order valence-electron chi connectivity index (χ1n) is 2.88. The number of hydrogen-bond acceptors (Lipinski definition) is 4. The van der Waals surface area contributed by atoms with Gasteiger partial charge in [0, 0.05) is 12.6 Å². The Balaban J connectivity index is 4.23. The molecule has 0 aliphatic heterocycles. The average Bonchev–Trinajstić information content (AvgIpc) is 2.00. The molecule has 4 N–H and O–H groups in total. The Bertz CT molecular complexity index is 184. The van der Waals surface area contributed by atoms with Crippen LogP contribution in [0.2, 0.25) is 0 Å². The predicted molar refractivity (Wildman–Crippen MR) is 36.8 cm³/mol. The molecule has 0 saturated heterocycles. The molecule has 0 aromatic rings. The Morgan fingerprint density at radius 1 is 1.50 bits per heavy atom. The summed E-state index contributed by atoms with van der Waals surface area (Å²) in [7, 11) is 0. The summed E-state index contributed by atoms with van der Waals surface area (Å²) < 4.78 is 0. The summed E-state index contributed by atoms with van der Waals surface area (Å²) in [6.45, 7) is 1.59. The lowest BCUT2D eigenvalue weighted by atomic mass is 10.2. The summed E-state index contributed by atoms with van der Waals surface area (Å²) in [5.74, 6) is -1.22. The molecule has 0 saturated carbocycles. The maximum atomic E-state index is 10.7. The summed E-state index contributed by atoms with van der Waals surface area (Å²) in [4.78, 5) is 21.3. The van der Waals surface area contributed by atoms with E-state index in [0.717, 1.165) is 6.20 Å². The number of hydrogen-bond donors (Lipinski definition) is 2. The standard InChI is InChI=1S/C6H10N2O2/c1-2-5(9)6(10)4(8)3-7/h3H,2,7-8H2,1H3. The van der Waals surface area contributed by atoms with Gasteiger partial charge in [-0.2, -0.15) is 0 Å². The van der Waals surface area contributed by atoms with Crippen molar-refractivity contribution in [2.24, 2.45) is 11.5 Å². The molecule has 0 bridgehead atoms.